The van der Waals surface area contributed by atoms with Gasteiger partial charge in [0.2, 0.25) is 5.91 Å². The van der Waals surface area contributed by atoms with Crippen LogP contribution in [-0.2, 0) is 14.8 Å². The van der Waals surface area contributed by atoms with Crippen LogP contribution in [0.25, 0.3) is 10.4 Å². The largest absolute Gasteiger partial charge is 0.508 e. The van der Waals surface area contributed by atoms with Crippen molar-refractivity contribution in [2.24, 2.45) is 11.3 Å². The van der Waals surface area contributed by atoms with Crippen LogP contribution >= 0.6 is 11.3 Å². The maximum Gasteiger partial charge on any atom is 0.265 e. The molecule has 0 atom stereocenters. The number of nitrogens with zero attached hydrogens (tertiary/aromatic N) is 1. The van der Waals surface area contributed by atoms with E-state index in [1.807, 2.05) is 20.8 Å². The van der Waals surface area contributed by atoms with Crippen molar-refractivity contribution in [3.63, 3.8) is 0 Å². The number of rotatable bonds is 6. The minimum absolute atomic E-state index is 0.0301. The molecule has 0 spiro atoms. The third kappa shape index (κ3) is 7.96. The van der Waals surface area contributed by atoms with Gasteiger partial charge in [-0.1, -0.05) is 52.9 Å². The molecule has 0 bridgehead atoms. The number of phenolic OH excluding ortho intramolecular Hbond substituents is 1. The van der Waals surface area contributed by atoms with Crippen molar-refractivity contribution in [1.82, 2.24) is 4.98 Å². The number of methoxy groups -OCH3 is 1. The quantitative estimate of drug-likeness (QED) is 0.321. The van der Waals surface area contributed by atoms with E-state index in [-0.39, 0.29) is 22.3 Å². The van der Waals surface area contributed by atoms with Crippen LogP contribution in [0.2, 0.25) is 0 Å². The highest BCUT2D eigenvalue weighted by molar-refractivity contribution is 7.92. The van der Waals surface area contributed by atoms with E-state index < -0.39 is 15.4 Å². The van der Waals surface area contributed by atoms with E-state index in [1.165, 1.54) is 48.8 Å². The Morgan fingerprint density at radius 2 is 1.67 bits per heavy atom. The van der Waals surface area contributed by atoms with Crippen molar-refractivity contribution < 1.29 is 23.1 Å². The molecule has 3 rings (SSSR count). The monoisotopic (exact) mass is 533 g/mol. The molecule has 10 heteroatoms. The standard InChI is InChI=1S/C22H25N3O5S2.C4H10/c1-13-19(31-21(23-13)24-20(27)22(2,3)4)14-6-11-17(30-5)18(12-14)32(28,29)25-15-7-9-16(26)10-8-15;1-4(2)3/h6-12,25-26H,1-5H3,(H,23,24,27);4H,1-3H3. The molecule has 36 heavy (non-hydrogen) atoms. The SMILES string of the molecule is CC(C)C.COc1ccc(-c2sc(NC(=O)C(C)(C)C)nc2C)cc1S(=O)(=O)Nc1ccc(O)cc1. The van der Waals surface area contributed by atoms with E-state index in [1.54, 1.807) is 19.1 Å². The Bertz CT molecular complexity index is 1290. The lowest BCUT2D eigenvalue weighted by Crippen LogP contribution is -2.27. The number of anilines is 2. The number of hydrogen-bond acceptors (Lipinski definition) is 7. The maximum atomic E-state index is 13.1. The molecule has 196 valence electrons. The van der Waals surface area contributed by atoms with E-state index in [2.05, 4.69) is 35.8 Å². The zero-order valence-electron chi connectivity index (χ0n) is 22.0. The minimum Gasteiger partial charge on any atom is -0.508 e. The van der Waals surface area contributed by atoms with Gasteiger partial charge in [0.25, 0.3) is 10.0 Å². The lowest BCUT2D eigenvalue weighted by molar-refractivity contribution is -0.123. The average Bonchev–Trinajstić information content (AvgIpc) is 3.13. The second-order valence-corrected chi connectivity index (χ2v) is 12.5. The van der Waals surface area contributed by atoms with Crippen molar-refractivity contribution in [3.05, 3.63) is 48.2 Å². The molecule has 0 aliphatic rings. The molecule has 8 nitrogen and oxygen atoms in total. The number of benzene rings is 2. The Morgan fingerprint density at radius 1 is 1.08 bits per heavy atom. The maximum absolute atomic E-state index is 13.1. The number of aromatic nitrogens is 1. The first-order chi connectivity index (χ1) is 16.6. The third-order valence-corrected chi connectivity index (χ3v) is 7.06. The zero-order valence-corrected chi connectivity index (χ0v) is 23.6. The lowest BCUT2D eigenvalue weighted by Gasteiger charge is -2.15. The molecule has 1 heterocycles. The topological polar surface area (TPSA) is 118 Å². The summed E-state index contributed by atoms with van der Waals surface area (Å²) in [5, 5.41) is 12.7. The Morgan fingerprint density at radius 3 is 2.19 bits per heavy atom. The number of carbonyl (C=O) groups excluding carboxylic acids is 1. The van der Waals surface area contributed by atoms with E-state index >= 15 is 0 Å². The summed E-state index contributed by atoms with van der Waals surface area (Å²) in [4.78, 5) is 17.4. The first-order valence-corrected chi connectivity index (χ1v) is 13.7. The number of aryl methyl sites for hydroxylation is 1. The highest BCUT2D eigenvalue weighted by Gasteiger charge is 2.24. The molecule has 3 aromatic rings. The predicted molar refractivity (Wildman–Crippen MR) is 146 cm³/mol. The first-order valence-electron chi connectivity index (χ1n) is 11.4. The lowest BCUT2D eigenvalue weighted by atomic mass is 9.96. The fraction of sp³-hybridized carbons (Fsp3) is 0.385. The van der Waals surface area contributed by atoms with Crippen molar-refractivity contribution in [2.45, 2.75) is 53.4 Å². The van der Waals surface area contributed by atoms with Crippen LogP contribution < -0.4 is 14.8 Å². The molecule has 0 fully saturated rings. The fourth-order valence-corrected chi connectivity index (χ4v) is 4.98. The molecular weight excluding hydrogens is 498 g/mol. The Balaban J connectivity index is 0.00000106. The molecule has 3 N–H and O–H groups in total. The van der Waals surface area contributed by atoms with Crippen molar-refractivity contribution >= 4 is 38.1 Å². The second-order valence-electron chi connectivity index (χ2n) is 9.89. The number of carbonyl (C=O) groups is 1. The van der Waals surface area contributed by atoms with Gasteiger partial charge in [-0.2, -0.15) is 0 Å². The van der Waals surface area contributed by atoms with Gasteiger partial charge in [-0.25, -0.2) is 13.4 Å². The van der Waals surface area contributed by atoms with Gasteiger partial charge in [0, 0.05) is 11.1 Å². The van der Waals surface area contributed by atoms with Gasteiger partial charge < -0.3 is 15.2 Å². The Hall–Kier alpha value is -3.11. The number of hydrogen-bond donors (Lipinski definition) is 3. The number of ether oxygens (including phenoxy) is 1. The van der Waals surface area contributed by atoms with Crippen molar-refractivity contribution in [2.75, 3.05) is 17.1 Å². The van der Waals surface area contributed by atoms with Crippen molar-refractivity contribution in [3.8, 4) is 21.9 Å². The number of amides is 1. The summed E-state index contributed by atoms with van der Waals surface area (Å²) >= 11 is 1.27. The van der Waals surface area contributed by atoms with Crippen LogP contribution in [0.15, 0.2) is 47.4 Å². The van der Waals surface area contributed by atoms with Gasteiger partial charge in [0.15, 0.2) is 5.13 Å². The van der Waals surface area contributed by atoms with Gasteiger partial charge >= 0.3 is 0 Å². The van der Waals surface area contributed by atoms with Gasteiger partial charge in [-0.15, -0.1) is 0 Å². The first kappa shape index (κ1) is 29.1. The summed E-state index contributed by atoms with van der Waals surface area (Å²) in [6, 6.07) is 10.5. The number of phenols is 1. The second kappa shape index (κ2) is 11.7. The van der Waals surface area contributed by atoms with Crippen LogP contribution in [-0.4, -0.2) is 31.5 Å². The molecular formula is C26H35N3O5S2. The van der Waals surface area contributed by atoms with Crippen LogP contribution in [0.1, 0.15) is 47.2 Å². The number of aromatic hydroxyl groups is 1. The van der Waals surface area contributed by atoms with Crippen LogP contribution in [0.3, 0.4) is 0 Å². The van der Waals surface area contributed by atoms with Gasteiger partial charge in [-0.05, 0) is 60.9 Å². The number of nitrogens with one attached hydrogen (secondary N) is 2. The van der Waals surface area contributed by atoms with Gasteiger partial charge in [0.1, 0.15) is 16.4 Å². The summed E-state index contributed by atoms with van der Waals surface area (Å²) in [7, 11) is -2.59. The predicted octanol–water partition coefficient (Wildman–Crippen LogP) is 6.28. The highest BCUT2D eigenvalue weighted by Crippen LogP contribution is 2.37. The van der Waals surface area contributed by atoms with Gasteiger partial charge in [-0.3, -0.25) is 9.52 Å². The average molecular weight is 534 g/mol. The molecule has 0 saturated heterocycles. The minimum atomic E-state index is -3.99. The van der Waals surface area contributed by atoms with Gasteiger partial charge in [0.05, 0.1) is 17.7 Å². The number of thiazole rings is 1. The number of sulfonamides is 1. The fourth-order valence-electron chi connectivity index (χ4n) is 2.77. The van der Waals surface area contributed by atoms with E-state index in [9.17, 15) is 18.3 Å². The molecule has 2 aromatic carbocycles. The highest BCUT2D eigenvalue weighted by atomic mass is 32.2. The van der Waals surface area contributed by atoms with E-state index in [4.69, 9.17) is 4.74 Å². The smallest absolute Gasteiger partial charge is 0.265 e. The molecule has 0 saturated carbocycles. The van der Waals surface area contributed by atoms with Crippen LogP contribution in [0.5, 0.6) is 11.5 Å². The molecule has 0 aliphatic heterocycles. The van der Waals surface area contributed by atoms with Crippen molar-refractivity contribution in [1.29, 1.82) is 0 Å². The van der Waals surface area contributed by atoms with E-state index in [0.29, 0.717) is 22.1 Å². The third-order valence-electron chi connectivity index (χ3n) is 4.53. The van der Waals surface area contributed by atoms with Crippen LogP contribution in [0, 0.1) is 18.3 Å². The molecule has 0 unspecified atom stereocenters. The normalized spacial score (nSPS) is 11.5. The van der Waals surface area contributed by atoms with Crippen LogP contribution in [0.4, 0.5) is 10.8 Å². The summed E-state index contributed by atoms with van der Waals surface area (Å²) < 4.78 is 33.9. The summed E-state index contributed by atoms with van der Waals surface area (Å²) in [6.45, 7) is 13.7. The zero-order chi connectivity index (χ0) is 27.3. The molecule has 0 radical (unpaired) electrons. The molecule has 1 aromatic heterocycles. The molecule has 0 aliphatic carbocycles. The summed E-state index contributed by atoms with van der Waals surface area (Å²) in [5.41, 5.74) is 1.03. The Kier molecular flexibility index (Phi) is 9.51. The summed E-state index contributed by atoms with van der Waals surface area (Å²) in [6.07, 6.45) is 0. The molecule has 1 amide bonds. The van der Waals surface area contributed by atoms with E-state index in [0.717, 1.165) is 10.8 Å². The Labute approximate surface area is 217 Å². The summed E-state index contributed by atoms with van der Waals surface area (Å²) in [5.74, 6) is 0.889.